The summed E-state index contributed by atoms with van der Waals surface area (Å²) >= 11 is 0. The number of carbonyl (C=O) groups excluding carboxylic acids is 7. The van der Waals surface area contributed by atoms with Gasteiger partial charge in [-0.15, -0.1) is 0 Å². The van der Waals surface area contributed by atoms with Crippen molar-refractivity contribution in [2.24, 2.45) is 39.4 Å². The number of phenols is 2. The van der Waals surface area contributed by atoms with Crippen LogP contribution in [0.4, 0.5) is 0 Å². The van der Waals surface area contributed by atoms with Crippen molar-refractivity contribution in [2.45, 2.75) is 43.1 Å². The predicted molar refractivity (Wildman–Crippen MR) is 238 cm³/mol. The van der Waals surface area contributed by atoms with Gasteiger partial charge in [0.1, 0.15) is 17.5 Å². The van der Waals surface area contributed by atoms with Crippen molar-refractivity contribution in [3.05, 3.63) is 95.6 Å². The lowest BCUT2D eigenvalue weighted by Crippen LogP contribution is -2.69. The second kappa shape index (κ2) is 24.3. The molecule has 0 bridgehead atoms. The highest BCUT2D eigenvalue weighted by Crippen LogP contribution is 2.26. The number of hydrogen-bond donors (Lipinski definition) is 23. The Hall–Kier alpha value is -9.78. The maximum Gasteiger partial charge on any atom is 0.272 e. The van der Waals surface area contributed by atoms with E-state index in [1.54, 1.807) is 6.07 Å². The molecule has 362 valence electrons. The minimum Gasteiger partial charge on any atom is -0.507 e. The number of aliphatic hydroxyl groups excluding tert-OH is 1. The summed E-state index contributed by atoms with van der Waals surface area (Å²) in [6.07, 6.45) is -12.5. The molecule has 3 rings (SSSR count). The number of aliphatic imine (C=N–C) groups is 1. The van der Waals surface area contributed by atoms with Crippen LogP contribution in [0.3, 0.4) is 0 Å². The summed E-state index contributed by atoms with van der Waals surface area (Å²) in [4.78, 5) is 96.4. The van der Waals surface area contributed by atoms with Crippen molar-refractivity contribution >= 4 is 70.9 Å². The van der Waals surface area contributed by atoms with Crippen LogP contribution < -0.4 is 87.6 Å². The second-order valence-electron chi connectivity index (χ2n) is 13.6. The van der Waals surface area contributed by atoms with Gasteiger partial charge in [-0.25, -0.2) is 4.99 Å². The van der Waals surface area contributed by atoms with E-state index in [9.17, 15) is 48.9 Å². The van der Waals surface area contributed by atoms with Crippen LogP contribution in [-0.2, 0) is 33.6 Å². The highest BCUT2D eigenvalue weighted by molar-refractivity contribution is 6.16. The van der Waals surface area contributed by atoms with Gasteiger partial charge in [-0.2, -0.15) is 0 Å². The number of amides is 7. The maximum atomic E-state index is 14.0. The predicted octanol–water partition coefficient (Wildman–Crippen LogP) is -8.30. The number of para-hydroxylation sites is 2. The van der Waals surface area contributed by atoms with Crippen molar-refractivity contribution in [1.82, 2.24) is 53.2 Å². The molecule has 3 aromatic carbocycles. The van der Waals surface area contributed by atoms with E-state index < -0.39 is 108 Å². The van der Waals surface area contributed by atoms with Crippen LogP contribution in [0.1, 0.15) is 22.7 Å². The first-order chi connectivity index (χ1) is 32.0. The Morgan fingerprint density at radius 3 is 1.15 bits per heavy atom. The van der Waals surface area contributed by atoms with Gasteiger partial charge in [-0.05, 0) is 29.8 Å². The van der Waals surface area contributed by atoms with Gasteiger partial charge in [0.25, 0.3) is 35.4 Å². The number of nitrogens with two attached hydrogens (primary N) is 6. The highest BCUT2D eigenvalue weighted by Gasteiger charge is 2.35. The zero-order valence-electron chi connectivity index (χ0n) is 35.2. The first-order valence-electron chi connectivity index (χ1n) is 19.2. The Labute approximate surface area is 383 Å². The first kappa shape index (κ1) is 52.6. The fourth-order valence-corrected chi connectivity index (χ4v) is 5.48. The number of aliphatic hydroxyl groups is 1. The van der Waals surface area contributed by atoms with Crippen LogP contribution in [0.25, 0.3) is 0 Å². The minimum atomic E-state index is -2.31. The zero-order chi connectivity index (χ0) is 50.8. The zero-order valence-corrected chi connectivity index (χ0v) is 35.2. The molecule has 7 amide bonds. The standard InChI is InChI=1S/C37H49N21O10/c38-21(22(39)61)50-28(63)23(55-34(40)41)52-30(65)25(57-36(44)45)54-31(66)26(58-37(46)47)53-29(64)24(56-35(42)43)51-27(62)19(14-8-2-1-3-9-14)48-32(67)33(68)49-20(15-10-4-6-12-17(15)59)16-11-5-7-13-18(16)60/h1-13,19,21,23-26,33,59-60,68H,38H2,(H2,39,61)(H,48,67)(H,50,63)(H,51,62)(H,52,65)(H,53,64)(H,54,66)(H4,40,41,55)(H4,42,43,56)(H4,44,45,57)(H4,46,47,58). The van der Waals surface area contributed by atoms with Crippen LogP contribution in [0.15, 0.2) is 83.9 Å². The van der Waals surface area contributed by atoms with Crippen LogP contribution in [0.2, 0.25) is 0 Å². The minimum absolute atomic E-state index is 0.00600. The monoisotopic (exact) mass is 947 g/mol. The summed E-state index contributed by atoms with van der Waals surface area (Å²) in [6.45, 7) is 0. The van der Waals surface area contributed by atoms with E-state index in [1.807, 2.05) is 26.6 Å². The third-order valence-electron chi connectivity index (χ3n) is 8.48. The van der Waals surface area contributed by atoms with Gasteiger partial charge < -0.3 is 103 Å². The molecule has 0 spiro atoms. The summed E-state index contributed by atoms with van der Waals surface area (Å²) < 4.78 is 0. The molecule has 0 saturated heterocycles. The third-order valence-corrected chi connectivity index (χ3v) is 8.48. The van der Waals surface area contributed by atoms with Gasteiger partial charge in [0, 0.05) is 11.1 Å². The van der Waals surface area contributed by atoms with Crippen molar-refractivity contribution in [3.8, 4) is 11.5 Å². The number of rotatable bonds is 21. The lowest BCUT2D eigenvalue weighted by atomic mass is 10.0. The van der Waals surface area contributed by atoms with Gasteiger partial charge in [-0.1, -0.05) is 54.6 Å². The lowest BCUT2D eigenvalue weighted by molar-refractivity contribution is -0.136. The topological polar surface area (TPSA) is 564 Å². The number of carbonyl (C=O) groups is 7. The molecular weight excluding hydrogens is 899 g/mol. The molecule has 0 saturated carbocycles. The number of benzene rings is 3. The normalized spacial score (nSPS) is 13.5. The van der Waals surface area contributed by atoms with Crippen molar-refractivity contribution in [2.75, 3.05) is 0 Å². The van der Waals surface area contributed by atoms with Crippen LogP contribution >= 0.6 is 0 Å². The second-order valence-corrected chi connectivity index (χ2v) is 13.6. The van der Waals surface area contributed by atoms with Gasteiger partial charge >= 0.3 is 0 Å². The molecule has 7 unspecified atom stereocenters. The molecule has 0 aromatic heterocycles. The number of aromatic hydroxyl groups is 2. The average molecular weight is 948 g/mol. The third kappa shape index (κ3) is 15.8. The fourth-order valence-electron chi connectivity index (χ4n) is 5.48. The molecular formula is C37H49N21O10. The summed E-state index contributed by atoms with van der Waals surface area (Å²) in [5.74, 6) is -13.7. The highest BCUT2D eigenvalue weighted by atomic mass is 16.3. The van der Waals surface area contributed by atoms with E-state index >= 15 is 0 Å². The molecule has 0 aliphatic heterocycles. The summed E-state index contributed by atoms with van der Waals surface area (Å²) in [5, 5.41) is 83.6. The fraction of sp³-hybridized carbons (Fsp3) is 0.189. The Morgan fingerprint density at radius 1 is 0.456 bits per heavy atom. The molecule has 0 fully saturated rings. The van der Waals surface area contributed by atoms with E-state index in [0.717, 1.165) is 0 Å². The molecule has 0 aliphatic rings. The quantitative estimate of drug-likeness (QED) is 0.0268. The molecule has 0 radical (unpaired) electrons. The number of nitrogens with one attached hydrogen (secondary N) is 14. The Bertz CT molecular complexity index is 2410. The van der Waals surface area contributed by atoms with E-state index in [-0.39, 0.29) is 33.9 Å². The molecule has 3 aromatic rings. The van der Waals surface area contributed by atoms with Crippen LogP contribution in [0.5, 0.6) is 11.5 Å². The molecule has 0 heterocycles. The Morgan fingerprint density at radius 2 is 0.794 bits per heavy atom. The summed E-state index contributed by atoms with van der Waals surface area (Å²) in [5.41, 5.74) is 31.9. The Balaban J connectivity index is 1.92. The van der Waals surface area contributed by atoms with E-state index in [2.05, 4.69) is 31.6 Å². The molecule has 31 heteroatoms. The molecule has 68 heavy (non-hydrogen) atoms. The van der Waals surface area contributed by atoms with Gasteiger partial charge in [0.2, 0.25) is 12.1 Å². The summed E-state index contributed by atoms with van der Waals surface area (Å²) in [6, 6.07) is 16.9. The van der Waals surface area contributed by atoms with E-state index in [1.165, 1.54) is 72.8 Å². The first-order valence-corrected chi connectivity index (χ1v) is 19.2. The number of primary amides is 1. The van der Waals surface area contributed by atoms with E-state index in [4.69, 9.17) is 56.0 Å². The maximum absolute atomic E-state index is 14.0. The van der Waals surface area contributed by atoms with Gasteiger partial charge in [0.15, 0.2) is 54.7 Å². The van der Waals surface area contributed by atoms with Gasteiger partial charge in [-0.3, -0.25) is 55.2 Å². The molecule has 7 atom stereocenters. The van der Waals surface area contributed by atoms with Crippen LogP contribution in [-0.4, -0.2) is 123 Å². The smallest absolute Gasteiger partial charge is 0.272 e. The lowest BCUT2D eigenvalue weighted by Gasteiger charge is -2.28. The van der Waals surface area contributed by atoms with Crippen LogP contribution in [0, 0.1) is 21.6 Å². The van der Waals surface area contributed by atoms with Crippen molar-refractivity contribution in [1.29, 1.82) is 21.6 Å². The van der Waals surface area contributed by atoms with Crippen molar-refractivity contribution in [3.63, 3.8) is 0 Å². The molecule has 31 nitrogen and oxygen atoms in total. The van der Waals surface area contributed by atoms with Gasteiger partial charge in [0.05, 0.1) is 5.71 Å². The van der Waals surface area contributed by atoms with Crippen molar-refractivity contribution < 1.29 is 48.9 Å². The SMILES string of the molecule is N=C(N)NC(NC(=O)C(NC(=N)N)NC(=O)C(NC(=N)N)NC(=O)C(NC(=N)N)NC(=O)C(NC(=O)C(O)N=C(c1ccccc1O)c1ccccc1O)c1ccccc1)C(=O)NC(N)C(N)=O. The number of phenolic OH excluding ortho intramolecular Hbond substituents is 2. The number of guanidine groups is 4. The number of hydrogen-bond acceptors (Lipinski definition) is 16. The average Bonchev–Trinajstić information content (AvgIpc) is 3.26. The van der Waals surface area contributed by atoms with E-state index in [0.29, 0.717) is 0 Å². The largest absolute Gasteiger partial charge is 0.507 e. The summed E-state index contributed by atoms with van der Waals surface area (Å²) in [7, 11) is 0. The molecule has 29 N–H and O–H groups in total. The molecule has 0 aliphatic carbocycles. The Kier molecular flexibility index (Phi) is 18.8. The number of nitrogens with zero attached hydrogens (tertiary/aromatic N) is 1.